The first-order valence-corrected chi connectivity index (χ1v) is 7.72. The van der Waals surface area contributed by atoms with E-state index in [-0.39, 0.29) is 6.04 Å². The summed E-state index contributed by atoms with van der Waals surface area (Å²) in [5.41, 5.74) is 1.24. The minimum absolute atomic E-state index is 0.278. The lowest BCUT2D eigenvalue weighted by molar-refractivity contribution is 0.410. The summed E-state index contributed by atoms with van der Waals surface area (Å²) in [6.07, 6.45) is 1.69. The minimum Gasteiger partial charge on any atom is -0.303 e. The summed E-state index contributed by atoms with van der Waals surface area (Å²) in [5, 5.41) is 5.30. The van der Waals surface area contributed by atoms with Crippen LogP contribution in [0.4, 0.5) is 0 Å². The fourth-order valence-electron chi connectivity index (χ4n) is 1.98. The van der Waals surface area contributed by atoms with Crippen molar-refractivity contribution < 1.29 is 0 Å². The summed E-state index contributed by atoms with van der Waals surface area (Å²) in [6.45, 7) is 5.12. The summed E-state index contributed by atoms with van der Waals surface area (Å²) >= 11 is 13.3. The van der Waals surface area contributed by atoms with Crippen molar-refractivity contribution in [2.75, 3.05) is 0 Å². The van der Waals surface area contributed by atoms with E-state index < -0.39 is 0 Å². The molecule has 19 heavy (non-hydrogen) atoms. The standard InChI is InChI=1S/C14H16Cl2N2S/c1-9(2)14(10-3-5-11(15)6-4-10)18-8-13-17-7-12(16)19-13/h3-7,9,14,18H,8H2,1-2H3. The van der Waals surface area contributed by atoms with E-state index in [0.717, 1.165) is 20.9 Å². The Hall–Kier alpha value is -0.610. The van der Waals surface area contributed by atoms with Gasteiger partial charge in [-0.3, -0.25) is 0 Å². The highest BCUT2D eigenvalue weighted by atomic mass is 35.5. The molecule has 2 aromatic rings. The van der Waals surface area contributed by atoms with Crippen LogP contribution >= 0.6 is 34.5 Å². The van der Waals surface area contributed by atoms with Crippen LogP contribution in [0.3, 0.4) is 0 Å². The first-order chi connectivity index (χ1) is 9.06. The largest absolute Gasteiger partial charge is 0.303 e. The van der Waals surface area contributed by atoms with Crippen LogP contribution in [0.15, 0.2) is 30.5 Å². The summed E-state index contributed by atoms with van der Waals surface area (Å²) < 4.78 is 0.726. The van der Waals surface area contributed by atoms with Crippen LogP contribution in [-0.2, 0) is 6.54 Å². The highest BCUT2D eigenvalue weighted by Gasteiger charge is 2.15. The van der Waals surface area contributed by atoms with Crippen LogP contribution in [0, 0.1) is 5.92 Å². The molecule has 1 atom stereocenters. The van der Waals surface area contributed by atoms with Gasteiger partial charge in [0.2, 0.25) is 0 Å². The van der Waals surface area contributed by atoms with Gasteiger partial charge in [-0.1, -0.05) is 49.2 Å². The van der Waals surface area contributed by atoms with Gasteiger partial charge < -0.3 is 5.32 Å². The zero-order valence-electron chi connectivity index (χ0n) is 10.9. The Morgan fingerprint density at radius 3 is 2.42 bits per heavy atom. The van der Waals surface area contributed by atoms with E-state index in [1.165, 1.54) is 16.9 Å². The molecule has 0 bridgehead atoms. The second kappa shape index (κ2) is 6.71. The summed E-state index contributed by atoms with van der Waals surface area (Å²) in [4.78, 5) is 4.26. The molecule has 2 rings (SSSR count). The Kier molecular flexibility index (Phi) is 5.22. The SMILES string of the molecule is CC(C)C(NCc1ncc(Cl)s1)c1ccc(Cl)cc1. The Labute approximate surface area is 127 Å². The van der Waals surface area contributed by atoms with Gasteiger partial charge in [0.15, 0.2) is 0 Å². The van der Waals surface area contributed by atoms with Crippen molar-refractivity contribution in [2.24, 2.45) is 5.92 Å². The third-order valence-electron chi connectivity index (χ3n) is 2.89. The van der Waals surface area contributed by atoms with E-state index in [9.17, 15) is 0 Å². The molecule has 0 amide bonds. The summed E-state index contributed by atoms with van der Waals surface area (Å²) in [7, 11) is 0. The van der Waals surface area contributed by atoms with Gasteiger partial charge in [-0.15, -0.1) is 11.3 Å². The van der Waals surface area contributed by atoms with Crippen molar-refractivity contribution in [3.05, 3.63) is 50.4 Å². The Bertz CT molecular complexity index is 522. The van der Waals surface area contributed by atoms with Crippen molar-refractivity contribution in [1.82, 2.24) is 10.3 Å². The number of nitrogens with one attached hydrogen (secondary N) is 1. The molecule has 0 fully saturated rings. The number of rotatable bonds is 5. The zero-order valence-corrected chi connectivity index (χ0v) is 13.2. The fourth-order valence-corrected chi connectivity index (χ4v) is 3.01. The number of benzene rings is 1. The molecule has 1 heterocycles. The molecule has 2 nitrogen and oxygen atoms in total. The summed E-state index contributed by atoms with van der Waals surface area (Å²) in [5.74, 6) is 0.483. The maximum absolute atomic E-state index is 5.93. The second-order valence-corrected chi connectivity index (χ2v) is 6.90. The molecule has 0 spiro atoms. The predicted octanol–water partition coefficient (Wildman–Crippen LogP) is 4.94. The molecule has 0 aliphatic carbocycles. The molecule has 0 saturated heterocycles. The van der Waals surface area contributed by atoms with Crippen LogP contribution in [0.1, 0.15) is 30.5 Å². The van der Waals surface area contributed by atoms with E-state index in [1.54, 1.807) is 6.20 Å². The maximum Gasteiger partial charge on any atom is 0.113 e. The van der Waals surface area contributed by atoms with Gasteiger partial charge in [-0.25, -0.2) is 4.98 Å². The van der Waals surface area contributed by atoms with Crippen molar-refractivity contribution in [3.63, 3.8) is 0 Å². The fraction of sp³-hybridized carbons (Fsp3) is 0.357. The molecule has 102 valence electrons. The lowest BCUT2D eigenvalue weighted by atomic mass is 9.96. The molecule has 1 aromatic carbocycles. The van der Waals surface area contributed by atoms with Gasteiger partial charge >= 0.3 is 0 Å². The predicted molar refractivity (Wildman–Crippen MR) is 83.0 cm³/mol. The smallest absolute Gasteiger partial charge is 0.113 e. The third-order valence-corrected chi connectivity index (χ3v) is 4.26. The first-order valence-electron chi connectivity index (χ1n) is 6.15. The van der Waals surface area contributed by atoms with Gasteiger partial charge in [0, 0.05) is 17.6 Å². The Balaban J connectivity index is 2.06. The van der Waals surface area contributed by atoms with Gasteiger partial charge in [0.05, 0.1) is 6.20 Å². The molecule has 0 aliphatic rings. The van der Waals surface area contributed by atoms with Crippen LogP contribution in [-0.4, -0.2) is 4.98 Å². The Morgan fingerprint density at radius 2 is 1.89 bits per heavy atom. The summed E-state index contributed by atoms with van der Waals surface area (Å²) in [6, 6.07) is 8.26. The van der Waals surface area contributed by atoms with Crippen molar-refractivity contribution >= 4 is 34.5 Å². The molecular weight excluding hydrogens is 299 g/mol. The molecule has 0 aliphatic heterocycles. The lowest BCUT2D eigenvalue weighted by Gasteiger charge is -2.22. The first kappa shape index (κ1) is 14.8. The van der Waals surface area contributed by atoms with Gasteiger partial charge in [-0.05, 0) is 23.6 Å². The molecule has 1 aromatic heterocycles. The van der Waals surface area contributed by atoms with Crippen molar-refractivity contribution in [2.45, 2.75) is 26.4 Å². The van der Waals surface area contributed by atoms with Gasteiger partial charge in [-0.2, -0.15) is 0 Å². The normalized spacial score (nSPS) is 12.9. The second-order valence-electron chi connectivity index (χ2n) is 4.71. The average Bonchev–Trinajstić information content (AvgIpc) is 2.77. The monoisotopic (exact) mass is 314 g/mol. The lowest BCUT2D eigenvalue weighted by Crippen LogP contribution is -2.25. The number of hydrogen-bond acceptors (Lipinski definition) is 3. The highest BCUT2D eigenvalue weighted by molar-refractivity contribution is 7.15. The van der Waals surface area contributed by atoms with Gasteiger partial charge in [0.1, 0.15) is 9.34 Å². The average molecular weight is 315 g/mol. The minimum atomic E-state index is 0.278. The van der Waals surface area contributed by atoms with Crippen LogP contribution in [0.5, 0.6) is 0 Å². The van der Waals surface area contributed by atoms with E-state index in [1.807, 2.05) is 12.1 Å². The van der Waals surface area contributed by atoms with E-state index >= 15 is 0 Å². The van der Waals surface area contributed by atoms with Crippen LogP contribution < -0.4 is 5.32 Å². The molecular formula is C14H16Cl2N2S. The van der Waals surface area contributed by atoms with Crippen LogP contribution in [0.25, 0.3) is 0 Å². The highest BCUT2D eigenvalue weighted by Crippen LogP contribution is 2.25. The molecule has 0 radical (unpaired) electrons. The molecule has 1 N–H and O–H groups in total. The third kappa shape index (κ3) is 4.18. The van der Waals surface area contributed by atoms with Gasteiger partial charge in [0.25, 0.3) is 0 Å². The number of nitrogens with zero attached hydrogens (tertiary/aromatic N) is 1. The van der Waals surface area contributed by atoms with Crippen LogP contribution in [0.2, 0.25) is 9.36 Å². The number of aromatic nitrogens is 1. The number of thiazole rings is 1. The molecule has 5 heteroatoms. The van der Waals surface area contributed by atoms with E-state index in [4.69, 9.17) is 23.2 Å². The molecule has 1 unspecified atom stereocenters. The number of halogens is 2. The Morgan fingerprint density at radius 1 is 1.21 bits per heavy atom. The van der Waals surface area contributed by atoms with E-state index in [2.05, 4.69) is 36.3 Å². The topological polar surface area (TPSA) is 24.9 Å². The molecule has 0 saturated carbocycles. The zero-order chi connectivity index (χ0) is 13.8. The maximum atomic E-state index is 5.93. The quantitative estimate of drug-likeness (QED) is 0.845. The van der Waals surface area contributed by atoms with Crippen molar-refractivity contribution in [1.29, 1.82) is 0 Å². The van der Waals surface area contributed by atoms with Crippen molar-refractivity contribution in [3.8, 4) is 0 Å². The number of hydrogen-bond donors (Lipinski definition) is 1. The van der Waals surface area contributed by atoms with E-state index in [0.29, 0.717) is 5.92 Å².